The van der Waals surface area contributed by atoms with Crippen LogP contribution in [0.5, 0.6) is 11.5 Å². The Hall–Kier alpha value is -2.01. The van der Waals surface area contributed by atoms with E-state index in [9.17, 15) is 4.79 Å². The zero-order valence-corrected chi connectivity index (χ0v) is 13.0. The predicted molar refractivity (Wildman–Crippen MR) is 84.3 cm³/mol. The minimum atomic E-state index is -0.118. The number of nitrogens with one attached hydrogen (secondary N) is 1. The monoisotopic (exact) mass is 305 g/mol. The first-order chi connectivity index (χ1) is 10.2. The number of amides is 1. The largest absolute Gasteiger partial charge is 0.490 e. The molecule has 0 aliphatic heterocycles. The molecule has 0 atom stereocenters. The Labute approximate surface area is 128 Å². The molecule has 0 spiro atoms. The normalized spacial score (nSPS) is 10.2. The summed E-state index contributed by atoms with van der Waals surface area (Å²) < 4.78 is 11.0. The number of hydrogen-bond donors (Lipinski definition) is 1. The van der Waals surface area contributed by atoms with Crippen molar-refractivity contribution in [2.75, 3.05) is 13.2 Å². The van der Waals surface area contributed by atoms with Gasteiger partial charge in [-0.05, 0) is 43.5 Å². The molecule has 1 amide bonds. The fourth-order valence-corrected chi connectivity index (χ4v) is 2.52. The molecule has 0 fully saturated rings. The summed E-state index contributed by atoms with van der Waals surface area (Å²) in [5.41, 5.74) is 0.568. The lowest BCUT2D eigenvalue weighted by Gasteiger charge is -2.12. The third kappa shape index (κ3) is 4.23. The third-order valence-electron chi connectivity index (χ3n) is 2.81. The Kier molecular flexibility index (Phi) is 5.63. The first-order valence-corrected chi connectivity index (χ1v) is 7.82. The van der Waals surface area contributed by atoms with E-state index < -0.39 is 0 Å². The maximum atomic E-state index is 12.2. The van der Waals surface area contributed by atoms with Crippen molar-refractivity contribution in [1.29, 1.82) is 0 Å². The van der Waals surface area contributed by atoms with E-state index in [1.807, 2.05) is 31.4 Å². The molecule has 0 unspecified atom stereocenters. The van der Waals surface area contributed by atoms with Gasteiger partial charge in [-0.25, -0.2) is 0 Å². The third-order valence-corrected chi connectivity index (χ3v) is 3.69. The Morgan fingerprint density at radius 3 is 2.57 bits per heavy atom. The van der Waals surface area contributed by atoms with Crippen molar-refractivity contribution in [2.24, 2.45) is 0 Å². The van der Waals surface area contributed by atoms with Crippen molar-refractivity contribution in [3.63, 3.8) is 0 Å². The second kappa shape index (κ2) is 7.69. The average molecular weight is 305 g/mol. The first-order valence-electron chi connectivity index (χ1n) is 6.94. The minimum absolute atomic E-state index is 0.118. The van der Waals surface area contributed by atoms with E-state index in [-0.39, 0.29) is 5.91 Å². The Morgan fingerprint density at radius 2 is 1.90 bits per heavy atom. The lowest BCUT2D eigenvalue weighted by molar-refractivity contribution is 0.0950. The molecular weight excluding hydrogens is 286 g/mol. The summed E-state index contributed by atoms with van der Waals surface area (Å²) in [7, 11) is 0. The first kappa shape index (κ1) is 15.4. The highest BCUT2D eigenvalue weighted by Gasteiger charge is 2.11. The maximum Gasteiger partial charge on any atom is 0.251 e. The average Bonchev–Trinajstić information content (AvgIpc) is 3.00. The Balaban J connectivity index is 2.07. The molecule has 112 valence electrons. The predicted octanol–water partition coefficient (Wildman–Crippen LogP) is 3.48. The van der Waals surface area contributed by atoms with Crippen molar-refractivity contribution < 1.29 is 14.3 Å². The van der Waals surface area contributed by atoms with E-state index in [0.29, 0.717) is 36.8 Å². The van der Waals surface area contributed by atoms with Crippen LogP contribution >= 0.6 is 11.3 Å². The molecule has 2 aromatic rings. The van der Waals surface area contributed by atoms with Gasteiger partial charge >= 0.3 is 0 Å². The molecule has 0 radical (unpaired) electrons. The van der Waals surface area contributed by atoms with Gasteiger partial charge in [-0.3, -0.25) is 4.79 Å². The molecular formula is C16H19NO3S. The highest BCUT2D eigenvalue weighted by Crippen LogP contribution is 2.28. The van der Waals surface area contributed by atoms with Crippen LogP contribution in [0.25, 0.3) is 0 Å². The second-order valence-corrected chi connectivity index (χ2v) is 5.32. The van der Waals surface area contributed by atoms with Gasteiger partial charge in [0.2, 0.25) is 0 Å². The van der Waals surface area contributed by atoms with Crippen LogP contribution < -0.4 is 14.8 Å². The molecule has 0 saturated carbocycles. The Bertz CT molecular complexity index is 581. The van der Waals surface area contributed by atoms with Gasteiger partial charge in [-0.15, -0.1) is 11.3 Å². The molecule has 0 bridgehead atoms. The summed E-state index contributed by atoms with van der Waals surface area (Å²) in [5, 5.41) is 4.89. The molecule has 2 rings (SSSR count). The van der Waals surface area contributed by atoms with Gasteiger partial charge in [0.25, 0.3) is 5.91 Å². The minimum Gasteiger partial charge on any atom is -0.490 e. The van der Waals surface area contributed by atoms with E-state index >= 15 is 0 Å². The maximum absolute atomic E-state index is 12.2. The molecule has 1 heterocycles. The van der Waals surface area contributed by atoms with Crippen molar-refractivity contribution in [3.05, 3.63) is 46.2 Å². The van der Waals surface area contributed by atoms with Crippen LogP contribution in [-0.4, -0.2) is 19.1 Å². The fourth-order valence-electron chi connectivity index (χ4n) is 1.87. The van der Waals surface area contributed by atoms with E-state index in [1.165, 1.54) is 0 Å². The van der Waals surface area contributed by atoms with Crippen LogP contribution in [0.2, 0.25) is 0 Å². The number of rotatable bonds is 7. The SMILES string of the molecule is CCOc1ccc(C(=O)NCc2cccs2)cc1OCC. The lowest BCUT2D eigenvalue weighted by atomic mass is 10.2. The van der Waals surface area contributed by atoms with Crippen LogP contribution in [-0.2, 0) is 6.54 Å². The number of carbonyl (C=O) groups is 1. The highest BCUT2D eigenvalue weighted by molar-refractivity contribution is 7.09. The van der Waals surface area contributed by atoms with Crippen LogP contribution in [0.3, 0.4) is 0 Å². The van der Waals surface area contributed by atoms with Crippen molar-refractivity contribution in [3.8, 4) is 11.5 Å². The van der Waals surface area contributed by atoms with E-state index in [1.54, 1.807) is 29.5 Å². The molecule has 0 aliphatic carbocycles. The fraction of sp³-hybridized carbons (Fsp3) is 0.312. The summed E-state index contributed by atoms with van der Waals surface area (Å²) in [6.45, 7) is 5.44. The van der Waals surface area contributed by atoms with E-state index in [2.05, 4.69) is 5.32 Å². The summed E-state index contributed by atoms with van der Waals surface area (Å²) in [6.07, 6.45) is 0. The molecule has 1 N–H and O–H groups in total. The van der Waals surface area contributed by atoms with Gasteiger partial charge in [0.15, 0.2) is 11.5 Å². The zero-order valence-electron chi connectivity index (χ0n) is 12.2. The lowest BCUT2D eigenvalue weighted by Crippen LogP contribution is -2.22. The van der Waals surface area contributed by atoms with E-state index in [4.69, 9.17) is 9.47 Å². The summed E-state index contributed by atoms with van der Waals surface area (Å²) in [6, 6.07) is 9.20. The molecule has 0 saturated heterocycles. The second-order valence-electron chi connectivity index (χ2n) is 4.29. The molecule has 0 aliphatic rings. The van der Waals surface area contributed by atoms with Gasteiger partial charge in [-0.2, -0.15) is 0 Å². The molecule has 1 aromatic carbocycles. The van der Waals surface area contributed by atoms with Gasteiger partial charge in [0.1, 0.15) is 0 Å². The highest BCUT2D eigenvalue weighted by atomic mass is 32.1. The zero-order chi connectivity index (χ0) is 15.1. The van der Waals surface area contributed by atoms with E-state index in [0.717, 1.165) is 4.88 Å². The summed E-state index contributed by atoms with van der Waals surface area (Å²) in [5.74, 6) is 1.14. The number of thiophene rings is 1. The van der Waals surface area contributed by atoms with Crippen molar-refractivity contribution in [1.82, 2.24) is 5.32 Å². The van der Waals surface area contributed by atoms with Gasteiger partial charge in [-0.1, -0.05) is 6.07 Å². The smallest absolute Gasteiger partial charge is 0.251 e. The van der Waals surface area contributed by atoms with Gasteiger partial charge in [0, 0.05) is 10.4 Å². The van der Waals surface area contributed by atoms with Crippen molar-refractivity contribution >= 4 is 17.2 Å². The number of ether oxygens (including phenoxy) is 2. The summed E-state index contributed by atoms with van der Waals surface area (Å²) >= 11 is 1.62. The molecule has 4 nitrogen and oxygen atoms in total. The number of carbonyl (C=O) groups excluding carboxylic acids is 1. The van der Waals surface area contributed by atoms with Gasteiger partial charge in [0.05, 0.1) is 19.8 Å². The molecule has 21 heavy (non-hydrogen) atoms. The van der Waals surface area contributed by atoms with Crippen LogP contribution in [0, 0.1) is 0 Å². The molecule has 5 heteroatoms. The standard InChI is InChI=1S/C16H19NO3S/c1-3-19-14-8-7-12(10-15(14)20-4-2)16(18)17-11-13-6-5-9-21-13/h5-10H,3-4,11H2,1-2H3,(H,17,18). The van der Waals surface area contributed by atoms with Crippen LogP contribution in [0.15, 0.2) is 35.7 Å². The topological polar surface area (TPSA) is 47.6 Å². The Morgan fingerprint density at radius 1 is 1.14 bits per heavy atom. The van der Waals surface area contributed by atoms with Crippen molar-refractivity contribution in [2.45, 2.75) is 20.4 Å². The number of benzene rings is 1. The number of hydrogen-bond acceptors (Lipinski definition) is 4. The van der Waals surface area contributed by atoms with Crippen LogP contribution in [0.1, 0.15) is 29.1 Å². The summed E-state index contributed by atoms with van der Waals surface area (Å²) in [4.78, 5) is 13.3. The quantitative estimate of drug-likeness (QED) is 0.852. The molecule has 1 aromatic heterocycles. The van der Waals surface area contributed by atoms with Crippen LogP contribution in [0.4, 0.5) is 0 Å². The van der Waals surface area contributed by atoms with Gasteiger partial charge < -0.3 is 14.8 Å².